The fraction of sp³-hybridized carbons (Fsp3) is 0.167. The second kappa shape index (κ2) is 5.07. The maximum absolute atomic E-state index is 4.15. The molecule has 0 saturated heterocycles. The van der Waals surface area contributed by atoms with Gasteiger partial charge in [0.1, 0.15) is 0 Å². The van der Waals surface area contributed by atoms with Crippen molar-refractivity contribution < 1.29 is 0 Å². The van der Waals surface area contributed by atoms with Gasteiger partial charge in [-0.15, -0.1) is 0 Å². The summed E-state index contributed by atoms with van der Waals surface area (Å²) >= 11 is 3.30. The van der Waals surface area contributed by atoms with Crippen molar-refractivity contribution in [3.05, 3.63) is 52.3 Å². The van der Waals surface area contributed by atoms with Gasteiger partial charge in [-0.25, -0.2) is 9.97 Å². The lowest BCUT2D eigenvalue weighted by Gasteiger charge is -2.05. The van der Waals surface area contributed by atoms with Crippen LogP contribution < -0.4 is 5.32 Å². The van der Waals surface area contributed by atoms with Crippen molar-refractivity contribution >= 4 is 21.9 Å². The largest absolute Gasteiger partial charge is 0.350 e. The average Bonchev–Trinajstić information content (AvgIpc) is 2.28. The molecule has 4 heteroatoms. The molecule has 0 saturated carbocycles. The molecule has 0 amide bonds. The maximum atomic E-state index is 4.15. The number of halogens is 1. The van der Waals surface area contributed by atoms with E-state index in [9.17, 15) is 0 Å². The SMILES string of the molecule is Cc1cccc(CNc2ncc(Br)cn2)c1. The first-order valence-corrected chi connectivity index (χ1v) is 5.80. The van der Waals surface area contributed by atoms with Crippen LogP contribution in [-0.2, 0) is 6.54 Å². The van der Waals surface area contributed by atoms with E-state index in [1.807, 2.05) is 0 Å². The van der Waals surface area contributed by atoms with Crippen molar-refractivity contribution in [1.29, 1.82) is 0 Å². The first-order chi connectivity index (χ1) is 7.74. The first-order valence-electron chi connectivity index (χ1n) is 5.01. The van der Waals surface area contributed by atoms with E-state index < -0.39 is 0 Å². The highest BCUT2D eigenvalue weighted by molar-refractivity contribution is 9.10. The maximum Gasteiger partial charge on any atom is 0.222 e. The second-order valence-electron chi connectivity index (χ2n) is 3.57. The molecule has 0 aliphatic rings. The summed E-state index contributed by atoms with van der Waals surface area (Å²) in [5, 5.41) is 3.17. The average molecular weight is 278 g/mol. The Kier molecular flexibility index (Phi) is 3.51. The summed E-state index contributed by atoms with van der Waals surface area (Å²) in [7, 11) is 0. The Bertz CT molecular complexity index is 468. The molecule has 1 aromatic carbocycles. The van der Waals surface area contributed by atoms with Gasteiger partial charge in [-0.3, -0.25) is 0 Å². The molecule has 2 rings (SSSR count). The van der Waals surface area contributed by atoms with Crippen LogP contribution in [0, 0.1) is 6.92 Å². The van der Waals surface area contributed by atoms with Crippen LogP contribution in [0.5, 0.6) is 0 Å². The van der Waals surface area contributed by atoms with Gasteiger partial charge in [0.05, 0.1) is 4.47 Å². The summed E-state index contributed by atoms with van der Waals surface area (Å²) in [6, 6.07) is 8.36. The van der Waals surface area contributed by atoms with Crippen LogP contribution in [0.15, 0.2) is 41.1 Å². The molecule has 0 aliphatic carbocycles. The number of aromatic nitrogens is 2. The summed E-state index contributed by atoms with van der Waals surface area (Å²) in [6.07, 6.45) is 3.46. The highest BCUT2D eigenvalue weighted by Gasteiger charge is 1.96. The minimum atomic E-state index is 0.643. The molecule has 1 N–H and O–H groups in total. The lowest BCUT2D eigenvalue weighted by atomic mass is 10.1. The van der Waals surface area contributed by atoms with E-state index in [0.29, 0.717) is 5.95 Å². The van der Waals surface area contributed by atoms with Crippen LogP contribution in [0.3, 0.4) is 0 Å². The molecule has 0 fully saturated rings. The van der Waals surface area contributed by atoms with Gasteiger partial charge >= 0.3 is 0 Å². The molecular weight excluding hydrogens is 266 g/mol. The van der Waals surface area contributed by atoms with Crippen molar-refractivity contribution in [2.75, 3.05) is 5.32 Å². The van der Waals surface area contributed by atoms with Crippen molar-refractivity contribution in [1.82, 2.24) is 9.97 Å². The van der Waals surface area contributed by atoms with Gasteiger partial charge in [-0.05, 0) is 28.4 Å². The van der Waals surface area contributed by atoms with Gasteiger partial charge in [0, 0.05) is 18.9 Å². The van der Waals surface area contributed by atoms with Gasteiger partial charge in [-0.2, -0.15) is 0 Å². The molecule has 0 atom stereocenters. The number of aryl methyl sites for hydroxylation is 1. The number of anilines is 1. The molecule has 3 nitrogen and oxygen atoms in total. The minimum absolute atomic E-state index is 0.643. The molecular formula is C12H12BrN3. The Balaban J connectivity index is 1.99. The lowest BCUT2D eigenvalue weighted by molar-refractivity contribution is 1.05. The van der Waals surface area contributed by atoms with Gasteiger partial charge < -0.3 is 5.32 Å². The Morgan fingerprint density at radius 2 is 2.00 bits per heavy atom. The summed E-state index contributed by atoms with van der Waals surface area (Å²) < 4.78 is 0.883. The normalized spacial score (nSPS) is 10.1. The molecule has 2 aromatic rings. The van der Waals surface area contributed by atoms with Gasteiger partial charge in [0.2, 0.25) is 5.95 Å². The van der Waals surface area contributed by atoms with Crippen LogP contribution in [-0.4, -0.2) is 9.97 Å². The number of benzene rings is 1. The van der Waals surface area contributed by atoms with E-state index >= 15 is 0 Å². The van der Waals surface area contributed by atoms with Crippen molar-refractivity contribution in [2.24, 2.45) is 0 Å². The van der Waals surface area contributed by atoms with E-state index in [2.05, 4.69) is 62.4 Å². The number of hydrogen-bond acceptors (Lipinski definition) is 3. The topological polar surface area (TPSA) is 37.8 Å². The molecule has 0 bridgehead atoms. The summed E-state index contributed by atoms with van der Waals surface area (Å²) in [5.74, 6) is 0.643. The zero-order valence-corrected chi connectivity index (χ0v) is 10.5. The third-order valence-electron chi connectivity index (χ3n) is 2.15. The number of nitrogens with zero attached hydrogens (tertiary/aromatic N) is 2. The second-order valence-corrected chi connectivity index (χ2v) is 4.48. The number of rotatable bonds is 3. The van der Waals surface area contributed by atoms with Crippen LogP contribution >= 0.6 is 15.9 Å². The van der Waals surface area contributed by atoms with E-state index in [-0.39, 0.29) is 0 Å². The van der Waals surface area contributed by atoms with Crippen molar-refractivity contribution in [2.45, 2.75) is 13.5 Å². The zero-order valence-electron chi connectivity index (χ0n) is 8.94. The van der Waals surface area contributed by atoms with Crippen LogP contribution in [0.2, 0.25) is 0 Å². The predicted molar refractivity (Wildman–Crippen MR) is 68.2 cm³/mol. The summed E-state index contributed by atoms with van der Waals surface area (Å²) in [6.45, 7) is 2.82. The molecule has 0 aliphatic heterocycles. The molecule has 1 aromatic heterocycles. The van der Waals surface area contributed by atoms with E-state index in [4.69, 9.17) is 0 Å². The molecule has 0 unspecified atom stereocenters. The highest BCUT2D eigenvalue weighted by Crippen LogP contribution is 2.09. The Hall–Kier alpha value is -1.42. The predicted octanol–water partition coefficient (Wildman–Crippen LogP) is 3.16. The van der Waals surface area contributed by atoms with Crippen molar-refractivity contribution in [3.63, 3.8) is 0 Å². The number of hydrogen-bond donors (Lipinski definition) is 1. The Morgan fingerprint density at radius 1 is 1.25 bits per heavy atom. The third kappa shape index (κ3) is 3.03. The van der Waals surface area contributed by atoms with Crippen molar-refractivity contribution in [3.8, 4) is 0 Å². The third-order valence-corrected chi connectivity index (χ3v) is 2.56. The van der Waals surface area contributed by atoms with Gasteiger partial charge in [-0.1, -0.05) is 29.8 Å². The first kappa shape index (κ1) is 11.1. The highest BCUT2D eigenvalue weighted by atomic mass is 79.9. The number of nitrogens with one attached hydrogen (secondary N) is 1. The Morgan fingerprint density at radius 3 is 2.69 bits per heavy atom. The minimum Gasteiger partial charge on any atom is -0.350 e. The molecule has 82 valence electrons. The lowest BCUT2D eigenvalue weighted by Crippen LogP contribution is -2.03. The summed E-state index contributed by atoms with van der Waals surface area (Å²) in [4.78, 5) is 8.29. The monoisotopic (exact) mass is 277 g/mol. The standard InChI is InChI=1S/C12H12BrN3/c1-9-3-2-4-10(5-9)6-14-12-15-7-11(13)8-16-12/h2-5,7-8H,6H2,1H3,(H,14,15,16). The fourth-order valence-corrected chi connectivity index (χ4v) is 1.61. The smallest absolute Gasteiger partial charge is 0.222 e. The van der Waals surface area contributed by atoms with Gasteiger partial charge in [0.15, 0.2) is 0 Å². The Labute approximate surface area is 103 Å². The van der Waals surface area contributed by atoms with E-state index in [1.165, 1.54) is 11.1 Å². The van der Waals surface area contributed by atoms with Crippen LogP contribution in [0.4, 0.5) is 5.95 Å². The molecule has 1 heterocycles. The quantitative estimate of drug-likeness (QED) is 0.937. The fourth-order valence-electron chi connectivity index (χ4n) is 1.41. The van der Waals surface area contributed by atoms with E-state index in [1.54, 1.807) is 12.4 Å². The van der Waals surface area contributed by atoms with Gasteiger partial charge in [0.25, 0.3) is 0 Å². The zero-order chi connectivity index (χ0) is 11.4. The van der Waals surface area contributed by atoms with E-state index in [0.717, 1.165) is 11.0 Å². The molecule has 16 heavy (non-hydrogen) atoms. The molecule has 0 radical (unpaired) electrons. The summed E-state index contributed by atoms with van der Waals surface area (Å²) in [5.41, 5.74) is 2.49. The van der Waals surface area contributed by atoms with Crippen LogP contribution in [0.1, 0.15) is 11.1 Å². The molecule has 0 spiro atoms. The van der Waals surface area contributed by atoms with Crippen LogP contribution in [0.25, 0.3) is 0 Å².